The van der Waals surface area contributed by atoms with E-state index in [1.165, 1.54) is 6.33 Å². The number of rotatable bonds is 5. The van der Waals surface area contributed by atoms with E-state index >= 15 is 0 Å². The summed E-state index contributed by atoms with van der Waals surface area (Å²) < 4.78 is 1.55. The van der Waals surface area contributed by atoms with E-state index in [0.717, 1.165) is 5.57 Å². The minimum atomic E-state index is -0.626. The molecule has 1 amide bonds. The zero-order chi connectivity index (χ0) is 12.0. The summed E-state index contributed by atoms with van der Waals surface area (Å²) in [7, 11) is 0. The Labute approximate surface area is 94.0 Å². The molecule has 0 bridgehead atoms. The summed E-state index contributed by atoms with van der Waals surface area (Å²) in [5, 5.41) is 3.94. The second-order valence-corrected chi connectivity index (χ2v) is 3.11. The number of aromatic nitrogens is 3. The molecule has 0 aliphatic rings. The average Bonchev–Trinajstić information content (AvgIpc) is 2.67. The smallest absolute Gasteiger partial charge is 0.288 e. The highest BCUT2D eigenvalue weighted by Gasteiger charge is 2.06. The molecule has 0 saturated heterocycles. The quantitative estimate of drug-likeness (QED) is 0.751. The molecule has 1 aromatic heterocycles. The monoisotopic (exact) mass is 218 g/mol. The van der Waals surface area contributed by atoms with E-state index in [1.807, 2.05) is 25.2 Å². The third-order valence-electron chi connectivity index (χ3n) is 1.81. The molecule has 0 saturated carbocycles. The standard InChI is InChI=1S/C11H14N4O/c1-3-5-9(6-4-2)7-15-8-13-11(14-15)10(12)16/h3-6,8H,1,7H2,2H3,(H2,12,16)/b6-4-,9-5+. The van der Waals surface area contributed by atoms with Crippen molar-refractivity contribution in [3.8, 4) is 0 Å². The minimum Gasteiger partial charge on any atom is -0.363 e. The van der Waals surface area contributed by atoms with Gasteiger partial charge < -0.3 is 5.73 Å². The summed E-state index contributed by atoms with van der Waals surface area (Å²) in [4.78, 5) is 14.6. The summed E-state index contributed by atoms with van der Waals surface area (Å²) in [6, 6.07) is 0. The maximum absolute atomic E-state index is 10.8. The second-order valence-electron chi connectivity index (χ2n) is 3.11. The van der Waals surface area contributed by atoms with Gasteiger partial charge in [-0.25, -0.2) is 9.67 Å². The Morgan fingerprint density at radius 3 is 2.94 bits per heavy atom. The number of allylic oxidation sites excluding steroid dienone is 5. The van der Waals surface area contributed by atoms with Crippen molar-refractivity contribution >= 4 is 5.91 Å². The van der Waals surface area contributed by atoms with E-state index in [9.17, 15) is 4.79 Å². The molecule has 16 heavy (non-hydrogen) atoms. The van der Waals surface area contributed by atoms with Gasteiger partial charge in [0, 0.05) is 0 Å². The van der Waals surface area contributed by atoms with Crippen LogP contribution in [0.4, 0.5) is 0 Å². The molecule has 1 aromatic rings. The molecule has 0 aliphatic carbocycles. The SMILES string of the molecule is C=C/C=C(\C=C/C)Cn1cnc(C(N)=O)n1. The van der Waals surface area contributed by atoms with Crippen molar-refractivity contribution in [1.29, 1.82) is 0 Å². The average molecular weight is 218 g/mol. The zero-order valence-electron chi connectivity index (χ0n) is 9.13. The van der Waals surface area contributed by atoms with Gasteiger partial charge in [-0.2, -0.15) is 0 Å². The van der Waals surface area contributed by atoms with Crippen molar-refractivity contribution in [3.05, 3.63) is 48.6 Å². The van der Waals surface area contributed by atoms with Crippen molar-refractivity contribution < 1.29 is 4.79 Å². The predicted molar refractivity (Wildman–Crippen MR) is 61.6 cm³/mol. The van der Waals surface area contributed by atoms with E-state index in [1.54, 1.807) is 10.8 Å². The first-order valence-corrected chi connectivity index (χ1v) is 4.81. The summed E-state index contributed by atoms with van der Waals surface area (Å²) in [5.41, 5.74) is 6.07. The van der Waals surface area contributed by atoms with Gasteiger partial charge >= 0.3 is 0 Å². The number of hydrogen-bond donors (Lipinski definition) is 1. The molecule has 1 rings (SSSR count). The first-order valence-electron chi connectivity index (χ1n) is 4.81. The lowest BCUT2D eigenvalue weighted by Crippen LogP contribution is -2.13. The van der Waals surface area contributed by atoms with Crippen LogP contribution in [0.1, 0.15) is 17.5 Å². The fourth-order valence-corrected chi connectivity index (χ4v) is 1.20. The summed E-state index contributed by atoms with van der Waals surface area (Å²) in [6.07, 6.45) is 8.89. The first-order chi connectivity index (χ1) is 7.67. The molecule has 5 heteroatoms. The highest BCUT2D eigenvalue weighted by atomic mass is 16.1. The predicted octanol–water partition coefficient (Wildman–Crippen LogP) is 1.07. The molecule has 84 valence electrons. The maximum Gasteiger partial charge on any atom is 0.288 e. The zero-order valence-corrected chi connectivity index (χ0v) is 9.13. The van der Waals surface area contributed by atoms with Crippen molar-refractivity contribution in [1.82, 2.24) is 14.8 Å². The van der Waals surface area contributed by atoms with Gasteiger partial charge in [0.2, 0.25) is 5.82 Å². The topological polar surface area (TPSA) is 73.8 Å². The van der Waals surface area contributed by atoms with E-state index in [-0.39, 0.29) is 5.82 Å². The minimum absolute atomic E-state index is 0.0263. The molecule has 0 radical (unpaired) electrons. The van der Waals surface area contributed by atoms with Gasteiger partial charge in [-0.3, -0.25) is 4.79 Å². The van der Waals surface area contributed by atoms with E-state index in [0.29, 0.717) is 6.54 Å². The molecule has 5 nitrogen and oxygen atoms in total. The molecule has 0 unspecified atom stereocenters. The van der Waals surface area contributed by atoms with Gasteiger partial charge in [-0.15, -0.1) is 5.10 Å². The van der Waals surface area contributed by atoms with Crippen LogP contribution in [0, 0.1) is 0 Å². The number of nitrogens with two attached hydrogens (primary N) is 1. The molecule has 0 atom stereocenters. The van der Waals surface area contributed by atoms with Gasteiger partial charge in [-0.1, -0.05) is 30.9 Å². The van der Waals surface area contributed by atoms with Crippen molar-refractivity contribution in [3.63, 3.8) is 0 Å². The van der Waals surface area contributed by atoms with Crippen LogP contribution in [0.3, 0.4) is 0 Å². The molecule has 0 spiro atoms. The largest absolute Gasteiger partial charge is 0.363 e. The molecule has 2 N–H and O–H groups in total. The van der Waals surface area contributed by atoms with Crippen LogP contribution >= 0.6 is 0 Å². The van der Waals surface area contributed by atoms with Gasteiger partial charge in [0.05, 0.1) is 6.54 Å². The Balaban J connectivity index is 2.81. The summed E-state index contributed by atoms with van der Waals surface area (Å²) in [5.74, 6) is -0.600. The van der Waals surface area contributed by atoms with Crippen LogP contribution in [-0.2, 0) is 6.54 Å². The molecular formula is C11H14N4O. The number of nitrogens with zero attached hydrogens (tertiary/aromatic N) is 3. The van der Waals surface area contributed by atoms with Crippen LogP contribution in [0.2, 0.25) is 0 Å². The first kappa shape index (κ1) is 11.9. The molecule has 0 aliphatic heterocycles. The lowest BCUT2D eigenvalue weighted by Gasteiger charge is -2.00. The lowest BCUT2D eigenvalue weighted by molar-refractivity contribution is 0.0990. The van der Waals surface area contributed by atoms with Gasteiger partial charge in [0.15, 0.2) is 0 Å². The highest BCUT2D eigenvalue weighted by Crippen LogP contribution is 2.02. The number of primary amides is 1. The van der Waals surface area contributed by atoms with Crippen LogP contribution in [0.5, 0.6) is 0 Å². The molecule has 1 heterocycles. The maximum atomic E-state index is 10.8. The van der Waals surface area contributed by atoms with E-state index in [2.05, 4.69) is 16.7 Å². The van der Waals surface area contributed by atoms with Gasteiger partial charge in [0.1, 0.15) is 6.33 Å². The van der Waals surface area contributed by atoms with Crippen molar-refractivity contribution in [2.24, 2.45) is 5.73 Å². The van der Waals surface area contributed by atoms with Crippen LogP contribution in [0.25, 0.3) is 0 Å². The third kappa shape index (κ3) is 3.20. The van der Waals surface area contributed by atoms with E-state index in [4.69, 9.17) is 5.73 Å². The molecule has 0 aromatic carbocycles. The van der Waals surface area contributed by atoms with Crippen molar-refractivity contribution in [2.45, 2.75) is 13.5 Å². The number of carbonyl (C=O) groups is 1. The molecular weight excluding hydrogens is 204 g/mol. The summed E-state index contributed by atoms with van der Waals surface area (Å²) in [6.45, 7) is 6.08. The van der Waals surface area contributed by atoms with Crippen LogP contribution in [0.15, 0.2) is 42.8 Å². The van der Waals surface area contributed by atoms with Crippen LogP contribution in [-0.4, -0.2) is 20.7 Å². The highest BCUT2D eigenvalue weighted by molar-refractivity contribution is 5.88. The Kier molecular flexibility index (Phi) is 4.20. The second kappa shape index (κ2) is 5.65. The van der Waals surface area contributed by atoms with Crippen molar-refractivity contribution in [2.75, 3.05) is 0 Å². The fourth-order valence-electron chi connectivity index (χ4n) is 1.20. The Hall–Kier alpha value is -2.17. The number of carbonyl (C=O) groups excluding carboxylic acids is 1. The number of amides is 1. The Bertz CT molecular complexity index is 443. The summed E-state index contributed by atoms with van der Waals surface area (Å²) >= 11 is 0. The van der Waals surface area contributed by atoms with Gasteiger partial charge in [-0.05, 0) is 12.5 Å². The van der Waals surface area contributed by atoms with Crippen LogP contribution < -0.4 is 5.73 Å². The Morgan fingerprint density at radius 1 is 1.69 bits per heavy atom. The third-order valence-corrected chi connectivity index (χ3v) is 1.81. The lowest BCUT2D eigenvalue weighted by atomic mass is 10.2. The van der Waals surface area contributed by atoms with E-state index < -0.39 is 5.91 Å². The number of hydrogen-bond acceptors (Lipinski definition) is 3. The Morgan fingerprint density at radius 2 is 2.44 bits per heavy atom. The fraction of sp³-hybridized carbons (Fsp3) is 0.182. The normalized spacial score (nSPS) is 11.9. The van der Waals surface area contributed by atoms with Gasteiger partial charge in [0.25, 0.3) is 5.91 Å². The molecule has 0 fully saturated rings.